The number of nitrogens with zero attached hydrogens (tertiary/aromatic N) is 2. The number of rotatable bonds is 4. The molecular formula is C12H22N2O2. The van der Waals surface area contributed by atoms with Crippen molar-refractivity contribution in [3.63, 3.8) is 0 Å². The Labute approximate surface area is 97.5 Å². The molecule has 1 saturated heterocycles. The summed E-state index contributed by atoms with van der Waals surface area (Å²) in [5, 5.41) is 8.89. The van der Waals surface area contributed by atoms with E-state index < -0.39 is 5.97 Å². The molecule has 0 spiro atoms. The maximum absolute atomic E-state index is 10.8. The number of likely N-dealkylation sites (N-methyl/N-ethyl adjacent to an activating group) is 1. The zero-order valence-corrected chi connectivity index (χ0v) is 10.2. The Morgan fingerprint density at radius 3 is 2.75 bits per heavy atom. The van der Waals surface area contributed by atoms with Gasteiger partial charge in [-0.1, -0.05) is 13.0 Å². The number of carboxylic acids is 1. The van der Waals surface area contributed by atoms with Gasteiger partial charge < -0.3 is 10.0 Å². The molecule has 1 rings (SSSR count). The van der Waals surface area contributed by atoms with E-state index in [2.05, 4.69) is 23.3 Å². The third-order valence-corrected chi connectivity index (χ3v) is 3.06. The first-order valence-corrected chi connectivity index (χ1v) is 5.78. The topological polar surface area (TPSA) is 43.8 Å². The molecule has 92 valence electrons. The highest BCUT2D eigenvalue weighted by atomic mass is 16.4. The molecule has 4 heteroatoms. The molecule has 16 heavy (non-hydrogen) atoms. The van der Waals surface area contributed by atoms with Crippen LogP contribution in [0, 0.1) is 5.92 Å². The van der Waals surface area contributed by atoms with Crippen LogP contribution in [0.2, 0.25) is 0 Å². The van der Waals surface area contributed by atoms with E-state index in [1.807, 2.05) is 13.1 Å². The van der Waals surface area contributed by atoms with Crippen molar-refractivity contribution in [3.8, 4) is 0 Å². The summed E-state index contributed by atoms with van der Waals surface area (Å²) < 4.78 is 0. The molecule has 1 N–H and O–H groups in total. The first kappa shape index (κ1) is 13.2. The number of hydrogen-bond acceptors (Lipinski definition) is 3. The van der Waals surface area contributed by atoms with Crippen LogP contribution in [0.5, 0.6) is 0 Å². The quantitative estimate of drug-likeness (QED) is 0.723. The lowest BCUT2D eigenvalue weighted by Crippen LogP contribution is -2.40. The number of carboxylic acid groups (broad SMARTS) is 1. The van der Waals surface area contributed by atoms with Crippen molar-refractivity contribution in [2.24, 2.45) is 5.92 Å². The summed E-state index contributed by atoms with van der Waals surface area (Å²) >= 11 is 0. The lowest BCUT2D eigenvalue weighted by atomic mass is 10.1. The van der Waals surface area contributed by atoms with E-state index in [1.165, 1.54) is 0 Å². The fourth-order valence-corrected chi connectivity index (χ4v) is 2.40. The average Bonchev–Trinajstić information content (AvgIpc) is 2.26. The van der Waals surface area contributed by atoms with Gasteiger partial charge in [-0.15, -0.1) is 6.58 Å². The molecule has 4 nitrogen and oxygen atoms in total. The maximum atomic E-state index is 10.8. The summed E-state index contributed by atoms with van der Waals surface area (Å²) in [5.74, 6) is -0.145. The Kier molecular flexibility index (Phi) is 4.96. The molecule has 0 aliphatic carbocycles. The third-order valence-electron chi connectivity index (χ3n) is 3.06. The zero-order valence-electron chi connectivity index (χ0n) is 10.2. The van der Waals surface area contributed by atoms with Gasteiger partial charge in [0.1, 0.15) is 0 Å². The molecule has 2 unspecified atom stereocenters. The van der Waals surface area contributed by atoms with E-state index in [-0.39, 0.29) is 12.5 Å². The predicted octanol–water partition coefficient (Wildman–Crippen LogP) is 0.899. The molecule has 2 atom stereocenters. The second kappa shape index (κ2) is 6.01. The molecule has 0 aromatic heterocycles. The monoisotopic (exact) mass is 226 g/mol. The van der Waals surface area contributed by atoms with Crippen LogP contribution in [-0.2, 0) is 4.79 Å². The fourth-order valence-electron chi connectivity index (χ4n) is 2.40. The van der Waals surface area contributed by atoms with Gasteiger partial charge in [0.15, 0.2) is 0 Å². The van der Waals surface area contributed by atoms with Crippen LogP contribution in [0.3, 0.4) is 0 Å². The predicted molar refractivity (Wildman–Crippen MR) is 64.5 cm³/mol. The molecule has 0 amide bonds. The Hall–Kier alpha value is -0.870. The van der Waals surface area contributed by atoms with Crippen LogP contribution < -0.4 is 0 Å². The standard InChI is InChI=1S/C12H22N2O2/c1-4-5-14-8-10(2)7-13(3)11(9-14)6-12(15)16/h4,10-11H,1,5-9H2,2-3H3,(H,15,16). The van der Waals surface area contributed by atoms with E-state index in [1.54, 1.807) is 0 Å². The molecular weight excluding hydrogens is 204 g/mol. The SMILES string of the molecule is C=CCN1CC(C)CN(C)C(CC(=O)O)C1. The Morgan fingerprint density at radius 1 is 1.50 bits per heavy atom. The van der Waals surface area contributed by atoms with Crippen molar-refractivity contribution in [2.75, 3.05) is 33.2 Å². The second-order valence-corrected chi connectivity index (χ2v) is 4.80. The minimum absolute atomic E-state index is 0.113. The van der Waals surface area contributed by atoms with Crippen molar-refractivity contribution in [1.29, 1.82) is 0 Å². The number of carbonyl (C=O) groups is 1. The Morgan fingerprint density at radius 2 is 2.19 bits per heavy atom. The molecule has 0 bridgehead atoms. The van der Waals surface area contributed by atoms with Gasteiger partial charge in [-0.05, 0) is 13.0 Å². The highest BCUT2D eigenvalue weighted by Gasteiger charge is 2.26. The Bertz CT molecular complexity index is 255. The van der Waals surface area contributed by atoms with Crippen molar-refractivity contribution >= 4 is 5.97 Å². The highest BCUT2D eigenvalue weighted by Crippen LogP contribution is 2.14. The summed E-state index contributed by atoms with van der Waals surface area (Å²) in [7, 11) is 2.02. The van der Waals surface area contributed by atoms with E-state index in [9.17, 15) is 4.79 Å². The maximum Gasteiger partial charge on any atom is 0.304 e. The largest absolute Gasteiger partial charge is 0.481 e. The van der Waals surface area contributed by atoms with Crippen LogP contribution in [0.4, 0.5) is 0 Å². The molecule has 1 aliphatic heterocycles. The molecule has 1 fully saturated rings. The van der Waals surface area contributed by atoms with Gasteiger partial charge >= 0.3 is 5.97 Å². The smallest absolute Gasteiger partial charge is 0.304 e. The lowest BCUT2D eigenvalue weighted by Gasteiger charge is -2.27. The van der Waals surface area contributed by atoms with Crippen LogP contribution in [0.1, 0.15) is 13.3 Å². The summed E-state index contributed by atoms with van der Waals surface area (Å²) in [6.45, 7) is 9.59. The summed E-state index contributed by atoms with van der Waals surface area (Å²) in [4.78, 5) is 15.3. The van der Waals surface area contributed by atoms with Gasteiger partial charge in [0.2, 0.25) is 0 Å². The van der Waals surface area contributed by atoms with Crippen LogP contribution in [0.15, 0.2) is 12.7 Å². The van der Waals surface area contributed by atoms with Crippen LogP contribution in [0.25, 0.3) is 0 Å². The molecule has 1 aliphatic rings. The fraction of sp³-hybridized carbons (Fsp3) is 0.750. The van der Waals surface area contributed by atoms with Gasteiger partial charge in [-0.3, -0.25) is 9.69 Å². The molecule has 1 heterocycles. The molecule has 0 saturated carbocycles. The average molecular weight is 226 g/mol. The summed E-state index contributed by atoms with van der Waals surface area (Å²) in [6.07, 6.45) is 2.10. The zero-order chi connectivity index (χ0) is 12.1. The summed E-state index contributed by atoms with van der Waals surface area (Å²) in [6, 6.07) is 0.113. The first-order valence-electron chi connectivity index (χ1n) is 5.78. The van der Waals surface area contributed by atoms with Crippen LogP contribution >= 0.6 is 0 Å². The molecule has 0 radical (unpaired) electrons. The van der Waals surface area contributed by atoms with Gasteiger partial charge in [0.05, 0.1) is 6.42 Å². The number of hydrogen-bond donors (Lipinski definition) is 1. The van der Waals surface area contributed by atoms with Gasteiger partial charge in [0.25, 0.3) is 0 Å². The Balaban J connectivity index is 2.65. The lowest BCUT2D eigenvalue weighted by molar-refractivity contribution is -0.138. The van der Waals surface area contributed by atoms with E-state index in [0.29, 0.717) is 5.92 Å². The molecule has 0 aromatic rings. The van der Waals surface area contributed by atoms with Crippen molar-refractivity contribution in [3.05, 3.63) is 12.7 Å². The normalized spacial score (nSPS) is 28.6. The minimum atomic E-state index is -0.718. The van der Waals surface area contributed by atoms with E-state index in [4.69, 9.17) is 5.11 Å². The van der Waals surface area contributed by atoms with E-state index >= 15 is 0 Å². The third kappa shape index (κ3) is 3.94. The highest BCUT2D eigenvalue weighted by molar-refractivity contribution is 5.67. The minimum Gasteiger partial charge on any atom is -0.481 e. The van der Waals surface area contributed by atoms with E-state index in [0.717, 1.165) is 26.2 Å². The summed E-state index contributed by atoms with van der Waals surface area (Å²) in [5.41, 5.74) is 0. The van der Waals surface area contributed by atoms with Gasteiger partial charge in [-0.2, -0.15) is 0 Å². The number of aliphatic carboxylic acids is 1. The van der Waals surface area contributed by atoms with Crippen LogP contribution in [-0.4, -0.2) is 60.1 Å². The van der Waals surface area contributed by atoms with Crippen molar-refractivity contribution < 1.29 is 9.90 Å². The van der Waals surface area contributed by atoms with Crippen molar-refractivity contribution in [2.45, 2.75) is 19.4 Å². The second-order valence-electron chi connectivity index (χ2n) is 4.80. The molecule has 0 aromatic carbocycles. The van der Waals surface area contributed by atoms with Gasteiger partial charge in [0, 0.05) is 32.2 Å². The van der Waals surface area contributed by atoms with Gasteiger partial charge in [-0.25, -0.2) is 0 Å². The van der Waals surface area contributed by atoms with Crippen molar-refractivity contribution in [1.82, 2.24) is 9.80 Å². The first-order chi connectivity index (χ1) is 7.52.